The van der Waals surface area contributed by atoms with Crippen LogP contribution in [0.1, 0.15) is 0 Å². The van der Waals surface area contributed by atoms with Crippen LogP contribution in [0.2, 0.25) is 5.28 Å². The Kier molecular flexibility index (Phi) is 2.08. The Labute approximate surface area is 96.5 Å². The van der Waals surface area contributed by atoms with Gasteiger partial charge in [-0.3, -0.25) is 0 Å². The fourth-order valence-corrected chi connectivity index (χ4v) is 1.72. The van der Waals surface area contributed by atoms with Crippen molar-refractivity contribution in [2.24, 2.45) is 0 Å². The van der Waals surface area contributed by atoms with Gasteiger partial charge in [-0.25, -0.2) is 4.98 Å². The van der Waals surface area contributed by atoms with Crippen LogP contribution in [0, 0.1) is 0 Å². The standard InChI is InChI=1S/C11H7ClN4/c12-11-15-10(8-4-2-1-3-5-8)14-9-6-7-13-16(9)11/h1-7H. The number of rotatable bonds is 1. The molecule has 2 aromatic heterocycles. The van der Waals surface area contributed by atoms with Crippen LogP contribution in [0.5, 0.6) is 0 Å². The van der Waals surface area contributed by atoms with Crippen LogP contribution >= 0.6 is 11.6 Å². The molecule has 0 atom stereocenters. The Bertz CT molecular complexity index is 633. The first-order chi connectivity index (χ1) is 7.84. The summed E-state index contributed by atoms with van der Waals surface area (Å²) < 4.78 is 1.49. The number of halogens is 1. The second-order valence-electron chi connectivity index (χ2n) is 3.28. The van der Waals surface area contributed by atoms with Gasteiger partial charge in [-0.1, -0.05) is 30.3 Å². The molecule has 0 aliphatic rings. The largest absolute Gasteiger partial charge is 0.227 e. The second-order valence-corrected chi connectivity index (χ2v) is 3.62. The van der Waals surface area contributed by atoms with Crippen molar-refractivity contribution in [3.63, 3.8) is 0 Å². The molecular formula is C11H7ClN4. The third kappa shape index (κ3) is 1.44. The smallest absolute Gasteiger partial charge is 0.209 e. The first kappa shape index (κ1) is 9.30. The van der Waals surface area contributed by atoms with Crippen LogP contribution in [0.4, 0.5) is 0 Å². The fourth-order valence-electron chi connectivity index (χ4n) is 1.51. The van der Waals surface area contributed by atoms with Crippen molar-refractivity contribution < 1.29 is 0 Å². The Morgan fingerprint density at radius 3 is 2.62 bits per heavy atom. The number of aromatic nitrogens is 4. The van der Waals surface area contributed by atoms with Gasteiger partial charge in [0.25, 0.3) is 0 Å². The number of hydrogen-bond donors (Lipinski definition) is 0. The third-order valence-corrected chi connectivity index (χ3v) is 2.49. The molecule has 0 saturated heterocycles. The van der Waals surface area contributed by atoms with Crippen molar-refractivity contribution in [1.82, 2.24) is 19.6 Å². The highest BCUT2D eigenvalue weighted by Gasteiger charge is 2.07. The number of fused-ring (bicyclic) bond motifs is 1. The first-order valence-corrected chi connectivity index (χ1v) is 5.15. The van der Waals surface area contributed by atoms with E-state index in [-0.39, 0.29) is 0 Å². The van der Waals surface area contributed by atoms with Crippen LogP contribution in [-0.2, 0) is 0 Å². The molecule has 0 aliphatic carbocycles. The van der Waals surface area contributed by atoms with Crippen LogP contribution in [0.25, 0.3) is 17.0 Å². The molecule has 0 radical (unpaired) electrons. The Morgan fingerprint density at radius 2 is 1.81 bits per heavy atom. The monoisotopic (exact) mass is 230 g/mol. The summed E-state index contributed by atoms with van der Waals surface area (Å²) in [6, 6.07) is 11.5. The van der Waals surface area contributed by atoms with E-state index in [1.54, 1.807) is 12.3 Å². The minimum Gasteiger partial charge on any atom is -0.209 e. The summed E-state index contributed by atoms with van der Waals surface area (Å²) in [5.41, 5.74) is 1.63. The fraction of sp³-hybridized carbons (Fsp3) is 0. The van der Waals surface area contributed by atoms with E-state index in [1.807, 2.05) is 30.3 Å². The van der Waals surface area contributed by atoms with Crippen LogP contribution < -0.4 is 0 Å². The molecule has 0 saturated carbocycles. The van der Waals surface area contributed by atoms with Crippen molar-refractivity contribution in [2.45, 2.75) is 0 Å². The summed E-state index contributed by atoms with van der Waals surface area (Å²) in [6.45, 7) is 0. The van der Waals surface area contributed by atoms with E-state index >= 15 is 0 Å². The van der Waals surface area contributed by atoms with Gasteiger partial charge in [0.15, 0.2) is 11.5 Å². The van der Waals surface area contributed by atoms with Gasteiger partial charge in [-0.15, -0.1) is 0 Å². The first-order valence-electron chi connectivity index (χ1n) is 4.77. The molecule has 3 aromatic rings. The van der Waals surface area contributed by atoms with E-state index in [0.29, 0.717) is 16.8 Å². The number of hydrogen-bond acceptors (Lipinski definition) is 3. The molecule has 0 N–H and O–H groups in total. The van der Waals surface area contributed by atoms with Crippen molar-refractivity contribution in [1.29, 1.82) is 0 Å². The minimum atomic E-state index is 0.314. The molecule has 2 heterocycles. The predicted molar refractivity (Wildman–Crippen MR) is 61.2 cm³/mol. The summed E-state index contributed by atoms with van der Waals surface area (Å²) in [5, 5.41) is 4.33. The van der Waals surface area contributed by atoms with Gasteiger partial charge in [-0.05, 0) is 11.6 Å². The van der Waals surface area contributed by atoms with Crippen LogP contribution in [-0.4, -0.2) is 19.6 Å². The topological polar surface area (TPSA) is 43.1 Å². The Morgan fingerprint density at radius 1 is 1.00 bits per heavy atom. The highest BCUT2D eigenvalue weighted by Crippen LogP contribution is 2.17. The quantitative estimate of drug-likeness (QED) is 0.645. The lowest BCUT2D eigenvalue weighted by Crippen LogP contribution is -1.98. The van der Waals surface area contributed by atoms with Gasteiger partial charge in [0.2, 0.25) is 5.28 Å². The molecule has 0 fully saturated rings. The summed E-state index contributed by atoms with van der Waals surface area (Å²) >= 11 is 6.00. The van der Waals surface area contributed by atoms with E-state index in [0.717, 1.165) is 5.56 Å². The maximum atomic E-state index is 6.00. The lowest BCUT2D eigenvalue weighted by atomic mass is 10.2. The zero-order valence-corrected chi connectivity index (χ0v) is 8.96. The zero-order chi connectivity index (χ0) is 11.0. The maximum Gasteiger partial charge on any atom is 0.227 e. The van der Waals surface area contributed by atoms with E-state index in [2.05, 4.69) is 15.1 Å². The second kappa shape index (κ2) is 3.57. The van der Waals surface area contributed by atoms with Gasteiger partial charge in [-0.2, -0.15) is 14.6 Å². The molecule has 78 valence electrons. The molecule has 0 unspecified atom stereocenters. The lowest BCUT2D eigenvalue weighted by molar-refractivity contribution is 0.897. The molecule has 0 amide bonds. The van der Waals surface area contributed by atoms with Gasteiger partial charge in [0, 0.05) is 11.6 Å². The lowest BCUT2D eigenvalue weighted by Gasteiger charge is -2.01. The number of benzene rings is 1. The summed E-state index contributed by atoms with van der Waals surface area (Å²) in [4.78, 5) is 8.57. The average Bonchev–Trinajstić information content (AvgIpc) is 2.79. The van der Waals surface area contributed by atoms with Gasteiger partial charge >= 0.3 is 0 Å². The van der Waals surface area contributed by atoms with E-state index in [1.165, 1.54) is 4.52 Å². The molecule has 16 heavy (non-hydrogen) atoms. The minimum absolute atomic E-state index is 0.314. The molecule has 3 rings (SSSR count). The van der Waals surface area contributed by atoms with Crippen LogP contribution in [0.15, 0.2) is 42.6 Å². The molecule has 4 nitrogen and oxygen atoms in total. The average molecular weight is 231 g/mol. The van der Waals surface area contributed by atoms with E-state index < -0.39 is 0 Å². The summed E-state index contributed by atoms with van der Waals surface area (Å²) in [6.07, 6.45) is 1.64. The Balaban J connectivity index is 2.25. The van der Waals surface area contributed by atoms with Crippen molar-refractivity contribution in [2.75, 3.05) is 0 Å². The van der Waals surface area contributed by atoms with Crippen molar-refractivity contribution in [3.05, 3.63) is 47.9 Å². The molecule has 0 spiro atoms. The molecule has 1 aromatic carbocycles. The SMILES string of the molecule is Clc1nc(-c2ccccc2)nc2ccnn12. The predicted octanol–water partition coefficient (Wildman–Crippen LogP) is 2.44. The van der Waals surface area contributed by atoms with Crippen molar-refractivity contribution >= 4 is 17.2 Å². The molecule has 0 bridgehead atoms. The van der Waals surface area contributed by atoms with Crippen molar-refractivity contribution in [3.8, 4) is 11.4 Å². The van der Waals surface area contributed by atoms with Crippen LogP contribution in [0.3, 0.4) is 0 Å². The molecule has 0 aliphatic heterocycles. The van der Waals surface area contributed by atoms with Gasteiger partial charge in [0.1, 0.15) is 0 Å². The van der Waals surface area contributed by atoms with E-state index in [4.69, 9.17) is 11.6 Å². The third-order valence-electron chi connectivity index (χ3n) is 2.25. The highest BCUT2D eigenvalue weighted by molar-refractivity contribution is 6.28. The maximum absolute atomic E-state index is 6.00. The summed E-state index contributed by atoms with van der Waals surface area (Å²) in [5.74, 6) is 0.610. The summed E-state index contributed by atoms with van der Waals surface area (Å²) in [7, 11) is 0. The Hall–Kier alpha value is -1.94. The van der Waals surface area contributed by atoms with Gasteiger partial charge < -0.3 is 0 Å². The number of nitrogens with zero attached hydrogens (tertiary/aromatic N) is 4. The zero-order valence-electron chi connectivity index (χ0n) is 8.21. The molecule has 5 heteroatoms. The van der Waals surface area contributed by atoms with E-state index in [9.17, 15) is 0 Å². The highest BCUT2D eigenvalue weighted by atomic mass is 35.5. The molecular weight excluding hydrogens is 224 g/mol. The van der Waals surface area contributed by atoms with Gasteiger partial charge in [0.05, 0.1) is 6.20 Å². The normalized spacial score (nSPS) is 10.8.